The van der Waals surface area contributed by atoms with Gasteiger partial charge in [-0.3, -0.25) is 0 Å². The third-order valence-electron chi connectivity index (χ3n) is 4.57. The van der Waals surface area contributed by atoms with Gasteiger partial charge in [-0.1, -0.05) is 26.2 Å². The van der Waals surface area contributed by atoms with E-state index in [4.69, 9.17) is 9.15 Å². The Morgan fingerprint density at radius 3 is 2.56 bits per heavy atom. The van der Waals surface area contributed by atoms with Gasteiger partial charge in [0.05, 0.1) is 5.97 Å². The van der Waals surface area contributed by atoms with Gasteiger partial charge >= 0.3 is 5.63 Å². The highest BCUT2D eigenvalue weighted by molar-refractivity contribution is 5.85. The Morgan fingerprint density at radius 1 is 1.20 bits per heavy atom. The highest BCUT2D eigenvalue weighted by Gasteiger charge is 2.16. The molecule has 0 saturated carbocycles. The van der Waals surface area contributed by atoms with Crippen LogP contribution >= 0.6 is 0 Å². The number of aliphatic carboxylic acids is 1. The van der Waals surface area contributed by atoms with Gasteiger partial charge in [0, 0.05) is 16.5 Å². The normalized spacial score (nSPS) is 12.3. The van der Waals surface area contributed by atoms with Crippen molar-refractivity contribution in [3.63, 3.8) is 0 Å². The molecular formula is C20H25O5-. The number of hydrogen-bond acceptors (Lipinski definition) is 5. The molecule has 1 atom stereocenters. The van der Waals surface area contributed by atoms with E-state index in [1.54, 1.807) is 13.0 Å². The van der Waals surface area contributed by atoms with E-state index in [2.05, 4.69) is 6.92 Å². The largest absolute Gasteiger partial charge is 0.546 e. The van der Waals surface area contributed by atoms with Gasteiger partial charge in [0.1, 0.15) is 17.4 Å². The highest BCUT2D eigenvalue weighted by Crippen LogP contribution is 2.30. The quantitative estimate of drug-likeness (QED) is 0.543. The molecule has 0 aliphatic heterocycles. The van der Waals surface area contributed by atoms with Crippen LogP contribution in [0.5, 0.6) is 5.75 Å². The van der Waals surface area contributed by atoms with Gasteiger partial charge in [0.2, 0.25) is 0 Å². The molecule has 0 radical (unpaired) electrons. The third-order valence-corrected chi connectivity index (χ3v) is 4.57. The number of ether oxygens (including phenoxy) is 1. The molecule has 2 rings (SSSR count). The Balaban J connectivity index is 2.39. The molecule has 0 unspecified atom stereocenters. The van der Waals surface area contributed by atoms with Crippen LogP contribution in [0.25, 0.3) is 11.0 Å². The number of carboxylic acids is 1. The van der Waals surface area contributed by atoms with Crippen LogP contribution in [0.1, 0.15) is 56.2 Å². The van der Waals surface area contributed by atoms with Gasteiger partial charge in [-0.25, -0.2) is 4.79 Å². The van der Waals surface area contributed by atoms with Gasteiger partial charge in [-0.15, -0.1) is 0 Å². The van der Waals surface area contributed by atoms with Gasteiger partial charge in [0.15, 0.2) is 0 Å². The maximum absolute atomic E-state index is 12.4. The third kappa shape index (κ3) is 4.21. The lowest BCUT2D eigenvalue weighted by Gasteiger charge is -2.18. The molecule has 5 heteroatoms. The van der Waals surface area contributed by atoms with E-state index >= 15 is 0 Å². The van der Waals surface area contributed by atoms with E-state index in [1.165, 1.54) is 6.92 Å². The fraction of sp³-hybridized carbons (Fsp3) is 0.500. The minimum absolute atomic E-state index is 0.324. The van der Waals surface area contributed by atoms with E-state index in [9.17, 15) is 14.7 Å². The van der Waals surface area contributed by atoms with Crippen LogP contribution in [0.4, 0.5) is 0 Å². The summed E-state index contributed by atoms with van der Waals surface area (Å²) < 4.78 is 10.9. The first kappa shape index (κ1) is 19.0. The minimum atomic E-state index is -1.29. The molecule has 25 heavy (non-hydrogen) atoms. The van der Waals surface area contributed by atoms with Crippen LogP contribution < -0.4 is 15.5 Å². The summed E-state index contributed by atoms with van der Waals surface area (Å²) in [5.41, 5.74) is 2.38. The predicted molar refractivity (Wildman–Crippen MR) is 94.9 cm³/mol. The van der Waals surface area contributed by atoms with Crippen LogP contribution in [0.3, 0.4) is 0 Å². The first-order valence-corrected chi connectivity index (χ1v) is 8.80. The van der Waals surface area contributed by atoms with Gasteiger partial charge < -0.3 is 19.1 Å². The van der Waals surface area contributed by atoms with Crippen LogP contribution in [0.2, 0.25) is 0 Å². The number of rotatable bonds is 8. The second-order valence-electron chi connectivity index (χ2n) is 6.45. The summed E-state index contributed by atoms with van der Waals surface area (Å²) in [5.74, 6) is -0.915. The SMILES string of the molecule is CCCCCCc1c(C)c2ccc(O[C@H](C)C(=O)[O-])c(C)c2oc1=O. The summed E-state index contributed by atoms with van der Waals surface area (Å²) in [6.45, 7) is 7.24. The van der Waals surface area contributed by atoms with Crippen molar-refractivity contribution >= 4 is 16.9 Å². The van der Waals surface area contributed by atoms with E-state index in [1.807, 2.05) is 13.0 Å². The summed E-state index contributed by atoms with van der Waals surface area (Å²) >= 11 is 0. The molecule has 2 aromatic rings. The zero-order valence-corrected chi connectivity index (χ0v) is 15.3. The molecule has 0 fully saturated rings. The lowest BCUT2D eigenvalue weighted by atomic mass is 9.99. The summed E-state index contributed by atoms with van der Waals surface area (Å²) in [6, 6.07) is 3.53. The number of hydrogen-bond donors (Lipinski definition) is 0. The Labute approximate surface area is 147 Å². The van der Waals surface area contributed by atoms with Crippen LogP contribution in [-0.4, -0.2) is 12.1 Å². The van der Waals surface area contributed by atoms with Crippen molar-refractivity contribution in [2.24, 2.45) is 0 Å². The smallest absolute Gasteiger partial charge is 0.339 e. The molecular weight excluding hydrogens is 320 g/mol. The number of carboxylic acid groups (broad SMARTS) is 1. The lowest BCUT2D eigenvalue weighted by Crippen LogP contribution is -2.37. The average molecular weight is 345 g/mol. The van der Waals surface area contributed by atoms with Gasteiger partial charge in [0.25, 0.3) is 0 Å². The first-order chi connectivity index (χ1) is 11.9. The number of carbonyl (C=O) groups excluding carboxylic acids is 1. The molecule has 0 amide bonds. The number of benzene rings is 1. The Morgan fingerprint density at radius 2 is 1.92 bits per heavy atom. The summed E-state index contributed by atoms with van der Waals surface area (Å²) in [7, 11) is 0. The van der Waals surface area contributed by atoms with Gasteiger partial charge in [-0.2, -0.15) is 0 Å². The van der Waals surface area contributed by atoms with Crippen molar-refractivity contribution in [1.29, 1.82) is 0 Å². The zero-order chi connectivity index (χ0) is 18.6. The van der Waals surface area contributed by atoms with E-state index < -0.39 is 12.1 Å². The Kier molecular flexibility index (Phi) is 6.23. The average Bonchev–Trinajstić information content (AvgIpc) is 2.57. The fourth-order valence-electron chi connectivity index (χ4n) is 2.95. The molecule has 1 aromatic heterocycles. The van der Waals surface area contributed by atoms with E-state index in [0.717, 1.165) is 42.2 Å². The van der Waals surface area contributed by atoms with Crippen LogP contribution in [-0.2, 0) is 11.2 Å². The number of unbranched alkanes of at least 4 members (excludes halogenated alkanes) is 3. The Bertz CT molecular complexity index is 819. The maximum Gasteiger partial charge on any atom is 0.339 e. The molecule has 0 N–H and O–H groups in total. The molecule has 5 nitrogen and oxygen atoms in total. The van der Waals surface area contributed by atoms with Crippen molar-refractivity contribution in [2.45, 2.75) is 65.9 Å². The van der Waals surface area contributed by atoms with E-state index in [-0.39, 0.29) is 5.63 Å². The molecule has 0 spiro atoms. The topological polar surface area (TPSA) is 79.6 Å². The molecule has 0 saturated heterocycles. The zero-order valence-electron chi connectivity index (χ0n) is 15.3. The molecule has 0 bridgehead atoms. The van der Waals surface area contributed by atoms with Gasteiger partial charge in [-0.05, 0) is 51.3 Å². The summed E-state index contributed by atoms with van der Waals surface area (Å²) in [6.07, 6.45) is 4.01. The lowest BCUT2D eigenvalue weighted by molar-refractivity contribution is -0.312. The molecule has 0 aliphatic rings. The Hall–Kier alpha value is -2.30. The van der Waals surface area contributed by atoms with Crippen LogP contribution in [0, 0.1) is 13.8 Å². The molecule has 0 aliphatic carbocycles. The predicted octanol–water partition coefficient (Wildman–Crippen LogP) is 3.05. The number of fused-ring (bicyclic) bond motifs is 1. The van der Waals surface area contributed by atoms with Crippen molar-refractivity contribution in [2.75, 3.05) is 0 Å². The second-order valence-corrected chi connectivity index (χ2v) is 6.45. The molecule has 1 heterocycles. The minimum Gasteiger partial charge on any atom is -0.546 e. The fourth-order valence-corrected chi connectivity index (χ4v) is 2.95. The van der Waals surface area contributed by atoms with Crippen molar-refractivity contribution < 1.29 is 19.1 Å². The first-order valence-electron chi connectivity index (χ1n) is 8.80. The highest BCUT2D eigenvalue weighted by atomic mass is 16.5. The number of carbonyl (C=O) groups is 1. The molecule has 1 aromatic carbocycles. The summed E-state index contributed by atoms with van der Waals surface area (Å²) in [5, 5.41) is 11.7. The number of aryl methyl sites for hydroxylation is 2. The monoisotopic (exact) mass is 345 g/mol. The standard InChI is InChI=1S/C20H26O5/c1-5-6-7-8-9-16-12(2)15-10-11-17(24-14(4)19(21)22)13(3)18(15)25-20(16)23/h10-11,14H,5-9H2,1-4H3,(H,21,22)/p-1/t14-/m1/s1. The summed E-state index contributed by atoms with van der Waals surface area (Å²) in [4.78, 5) is 23.3. The van der Waals surface area contributed by atoms with Crippen LogP contribution in [0.15, 0.2) is 21.3 Å². The second kappa shape index (κ2) is 8.19. The van der Waals surface area contributed by atoms with Crippen molar-refractivity contribution in [1.82, 2.24) is 0 Å². The maximum atomic E-state index is 12.4. The molecule has 136 valence electrons. The van der Waals surface area contributed by atoms with Crippen molar-refractivity contribution in [3.8, 4) is 5.75 Å². The van der Waals surface area contributed by atoms with E-state index in [0.29, 0.717) is 23.3 Å². The van der Waals surface area contributed by atoms with Crippen molar-refractivity contribution in [3.05, 3.63) is 39.2 Å².